The molecule has 4 nitrogen and oxygen atoms in total. The van der Waals surface area contributed by atoms with Crippen LogP contribution in [-0.2, 0) is 17.5 Å². The SMILES string of the molecule is CN=C(NCCOCC1CC1)NCc1ccc(C(F)(F)F)cc1. The number of nitrogens with one attached hydrogen (secondary N) is 2. The highest BCUT2D eigenvalue weighted by Crippen LogP contribution is 2.29. The van der Waals surface area contributed by atoms with Gasteiger partial charge in [-0.3, -0.25) is 4.99 Å². The molecule has 0 heterocycles. The van der Waals surface area contributed by atoms with Crippen LogP contribution in [0.1, 0.15) is 24.0 Å². The van der Waals surface area contributed by atoms with E-state index in [2.05, 4.69) is 15.6 Å². The molecule has 1 saturated carbocycles. The Bertz CT molecular complexity index is 510. The number of hydrogen-bond donors (Lipinski definition) is 2. The van der Waals surface area contributed by atoms with Gasteiger partial charge in [-0.15, -0.1) is 0 Å². The smallest absolute Gasteiger partial charge is 0.379 e. The van der Waals surface area contributed by atoms with Gasteiger partial charge in [-0.2, -0.15) is 13.2 Å². The van der Waals surface area contributed by atoms with Crippen molar-refractivity contribution in [2.24, 2.45) is 10.9 Å². The van der Waals surface area contributed by atoms with E-state index in [1.165, 1.54) is 25.0 Å². The Balaban J connectivity index is 1.67. The van der Waals surface area contributed by atoms with Crippen LogP contribution in [0.2, 0.25) is 0 Å². The van der Waals surface area contributed by atoms with E-state index in [9.17, 15) is 13.2 Å². The molecule has 0 aliphatic heterocycles. The van der Waals surface area contributed by atoms with Crippen molar-refractivity contribution in [1.82, 2.24) is 10.6 Å². The van der Waals surface area contributed by atoms with Crippen molar-refractivity contribution >= 4 is 5.96 Å². The van der Waals surface area contributed by atoms with Gasteiger partial charge in [0.25, 0.3) is 0 Å². The Hall–Kier alpha value is -1.76. The minimum Gasteiger partial charge on any atom is -0.379 e. The molecule has 0 atom stereocenters. The molecule has 1 aliphatic carbocycles. The maximum atomic E-state index is 12.5. The summed E-state index contributed by atoms with van der Waals surface area (Å²) in [5.74, 6) is 1.34. The first-order valence-corrected chi connectivity index (χ1v) is 7.67. The van der Waals surface area contributed by atoms with Crippen molar-refractivity contribution in [3.05, 3.63) is 35.4 Å². The summed E-state index contributed by atoms with van der Waals surface area (Å²) in [6.45, 7) is 2.47. The molecule has 0 saturated heterocycles. The second kappa shape index (κ2) is 8.19. The third-order valence-corrected chi connectivity index (χ3v) is 3.55. The maximum Gasteiger partial charge on any atom is 0.416 e. The minimum absolute atomic E-state index is 0.404. The second-order valence-corrected chi connectivity index (χ2v) is 5.57. The van der Waals surface area contributed by atoms with Gasteiger partial charge in [-0.1, -0.05) is 12.1 Å². The zero-order valence-electron chi connectivity index (χ0n) is 13.1. The van der Waals surface area contributed by atoms with Crippen LogP contribution in [0.4, 0.5) is 13.2 Å². The van der Waals surface area contributed by atoms with Crippen molar-refractivity contribution in [2.75, 3.05) is 26.8 Å². The number of rotatable bonds is 7. The summed E-state index contributed by atoms with van der Waals surface area (Å²) < 4.78 is 43.0. The minimum atomic E-state index is -4.30. The third kappa shape index (κ3) is 6.48. The van der Waals surface area contributed by atoms with Crippen molar-refractivity contribution in [3.8, 4) is 0 Å². The zero-order valence-corrected chi connectivity index (χ0v) is 13.1. The molecule has 1 aromatic rings. The lowest BCUT2D eigenvalue weighted by Crippen LogP contribution is -2.38. The average Bonchev–Trinajstić information content (AvgIpc) is 3.34. The lowest BCUT2D eigenvalue weighted by Gasteiger charge is -2.13. The van der Waals surface area contributed by atoms with E-state index in [1.54, 1.807) is 7.05 Å². The van der Waals surface area contributed by atoms with Gasteiger partial charge in [-0.25, -0.2) is 0 Å². The van der Waals surface area contributed by atoms with E-state index in [0.29, 0.717) is 25.7 Å². The molecule has 2 rings (SSSR count). The van der Waals surface area contributed by atoms with Gasteiger partial charge in [0.15, 0.2) is 5.96 Å². The number of guanidine groups is 1. The van der Waals surface area contributed by atoms with E-state index in [1.807, 2.05) is 0 Å². The first kappa shape index (κ1) is 17.6. The monoisotopic (exact) mass is 329 g/mol. The highest BCUT2D eigenvalue weighted by atomic mass is 19.4. The second-order valence-electron chi connectivity index (χ2n) is 5.57. The summed E-state index contributed by atoms with van der Waals surface area (Å²) >= 11 is 0. The van der Waals surface area contributed by atoms with E-state index >= 15 is 0 Å². The summed E-state index contributed by atoms with van der Waals surface area (Å²) in [4.78, 5) is 4.06. The molecule has 23 heavy (non-hydrogen) atoms. The van der Waals surface area contributed by atoms with Gasteiger partial charge in [0, 0.05) is 26.7 Å². The van der Waals surface area contributed by atoms with Crippen LogP contribution in [0, 0.1) is 5.92 Å². The summed E-state index contributed by atoms with van der Waals surface area (Å²) in [6.07, 6.45) is -1.77. The number of aliphatic imine (C=N–C) groups is 1. The van der Waals surface area contributed by atoms with E-state index in [4.69, 9.17) is 4.74 Å². The standard InChI is InChI=1S/C16H22F3N3O/c1-20-15(21-8-9-23-11-13-2-3-13)22-10-12-4-6-14(7-5-12)16(17,18)19/h4-7,13H,2-3,8-11H2,1H3,(H2,20,21,22). The van der Waals surface area contributed by atoms with Crippen LogP contribution in [0.15, 0.2) is 29.3 Å². The normalized spacial score (nSPS) is 15.6. The molecular weight excluding hydrogens is 307 g/mol. The first-order valence-electron chi connectivity index (χ1n) is 7.67. The Kier molecular flexibility index (Phi) is 6.27. The van der Waals surface area contributed by atoms with Gasteiger partial charge < -0.3 is 15.4 Å². The summed E-state index contributed by atoms with van der Waals surface area (Å²) in [5, 5.41) is 6.16. The predicted octanol–water partition coefficient (Wildman–Crippen LogP) is 2.80. The molecule has 1 aromatic carbocycles. The molecule has 2 N–H and O–H groups in total. The van der Waals surface area contributed by atoms with Gasteiger partial charge in [0.2, 0.25) is 0 Å². The quantitative estimate of drug-likeness (QED) is 0.459. The Morgan fingerprint density at radius 1 is 1.22 bits per heavy atom. The van der Waals surface area contributed by atoms with Gasteiger partial charge in [0.05, 0.1) is 12.2 Å². The molecule has 0 bridgehead atoms. The summed E-state index contributed by atoms with van der Waals surface area (Å²) in [7, 11) is 1.65. The highest BCUT2D eigenvalue weighted by Gasteiger charge is 2.29. The number of halogens is 3. The lowest BCUT2D eigenvalue weighted by atomic mass is 10.1. The molecule has 128 valence electrons. The summed E-state index contributed by atoms with van der Waals surface area (Å²) in [5.41, 5.74) is 0.113. The molecule has 1 aliphatic rings. The van der Waals surface area contributed by atoms with E-state index in [0.717, 1.165) is 30.2 Å². The zero-order chi connectivity index (χ0) is 16.7. The molecule has 7 heteroatoms. The molecule has 0 radical (unpaired) electrons. The van der Waals surface area contributed by atoms with Gasteiger partial charge in [0.1, 0.15) is 0 Å². The van der Waals surface area contributed by atoms with Crippen LogP contribution >= 0.6 is 0 Å². The fourth-order valence-corrected chi connectivity index (χ4v) is 1.99. The van der Waals surface area contributed by atoms with Gasteiger partial charge >= 0.3 is 6.18 Å². The highest BCUT2D eigenvalue weighted by molar-refractivity contribution is 5.79. The Labute approximate surface area is 134 Å². The van der Waals surface area contributed by atoms with Gasteiger partial charge in [-0.05, 0) is 36.5 Å². The maximum absolute atomic E-state index is 12.5. The average molecular weight is 329 g/mol. The molecule has 1 fully saturated rings. The Morgan fingerprint density at radius 3 is 2.48 bits per heavy atom. The van der Waals surface area contributed by atoms with Crippen LogP contribution in [0.3, 0.4) is 0 Å². The van der Waals surface area contributed by atoms with Crippen LogP contribution in [-0.4, -0.2) is 32.8 Å². The summed E-state index contributed by atoms with van der Waals surface area (Å²) in [6, 6.07) is 5.08. The predicted molar refractivity (Wildman–Crippen MR) is 83.2 cm³/mol. The van der Waals surface area contributed by atoms with E-state index < -0.39 is 11.7 Å². The molecule has 0 aromatic heterocycles. The third-order valence-electron chi connectivity index (χ3n) is 3.55. The van der Waals surface area contributed by atoms with Crippen molar-refractivity contribution in [2.45, 2.75) is 25.6 Å². The van der Waals surface area contributed by atoms with Crippen LogP contribution < -0.4 is 10.6 Å². The van der Waals surface area contributed by atoms with Crippen molar-refractivity contribution in [1.29, 1.82) is 0 Å². The van der Waals surface area contributed by atoms with E-state index in [-0.39, 0.29) is 0 Å². The van der Waals surface area contributed by atoms with Crippen molar-refractivity contribution in [3.63, 3.8) is 0 Å². The number of nitrogens with zero attached hydrogens (tertiary/aromatic N) is 1. The number of hydrogen-bond acceptors (Lipinski definition) is 2. The van der Waals surface area contributed by atoms with Crippen LogP contribution in [0.5, 0.6) is 0 Å². The first-order chi connectivity index (χ1) is 11.0. The Morgan fingerprint density at radius 2 is 1.91 bits per heavy atom. The molecule has 0 amide bonds. The molecule has 0 unspecified atom stereocenters. The molecular formula is C16H22F3N3O. The molecule has 0 spiro atoms. The number of ether oxygens (including phenoxy) is 1. The largest absolute Gasteiger partial charge is 0.416 e. The number of alkyl halides is 3. The van der Waals surface area contributed by atoms with Crippen molar-refractivity contribution < 1.29 is 17.9 Å². The fraction of sp³-hybridized carbons (Fsp3) is 0.562. The van der Waals surface area contributed by atoms with Crippen LogP contribution in [0.25, 0.3) is 0 Å². The number of benzene rings is 1. The topological polar surface area (TPSA) is 45.7 Å². The fourth-order valence-electron chi connectivity index (χ4n) is 1.99. The lowest BCUT2D eigenvalue weighted by molar-refractivity contribution is -0.137.